The summed E-state index contributed by atoms with van der Waals surface area (Å²) < 4.78 is 0. The van der Waals surface area contributed by atoms with Gasteiger partial charge in [0.15, 0.2) is 5.88 Å². The van der Waals surface area contributed by atoms with Crippen LogP contribution in [-0.4, -0.2) is 34.3 Å². The van der Waals surface area contributed by atoms with Crippen LogP contribution >= 0.6 is 0 Å². The number of anilines is 1. The van der Waals surface area contributed by atoms with E-state index < -0.39 is 0 Å². The number of nitrogens with zero attached hydrogens (tertiary/aromatic N) is 2. The molecule has 0 spiro atoms. The lowest BCUT2D eigenvalue weighted by Gasteiger charge is -2.16. The number of rotatable bonds is 7. The van der Waals surface area contributed by atoms with Gasteiger partial charge < -0.3 is 20.7 Å². The van der Waals surface area contributed by atoms with E-state index in [0.29, 0.717) is 11.3 Å². The molecule has 5 heteroatoms. The molecule has 5 nitrogen and oxygen atoms in total. The molecule has 4 N–H and O–H groups in total. The number of hydrogen-bond donors (Lipinski definition) is 3. The standard InChI is InChI=1S/C22H28N4O/c1-4-5-12-26(3)14-16-6-9-18(10-7-16)24-15(2)21-19-13-17(23)8-11-20(19)25-22(21)27/h6-11,13,25,27H,4-5,12,14,23H2,1-3H3. The molecule has 0 saturated carbocycles. The molecule has 27 heavy (non-hydrogen) atoms. The predicted octanol–water partition coefficient (Wildman–Crippen LogP) is 4.83. The van der Waals surface area contributed by atoms with Crippen LogP contribution in [0.3, 0.4) is 0 Å². The number of fused-ring (bicyclic) bond motifs is 1. The fraction of sp³-hybridized carbons (Fsp3) is 0.318. The maximum absolute atomic E-state index is 10.3. The molecular formula is C22H28N4O. The van der Waals surface area contributed by atoms with Crippen molar-refractivity contribution in [3.63, 3.8) is 0 Å². The Hall–Kier alpha value is -2.79. The summed E-state index contributed by atoms with van der Waals surface area (Å²) in [6, 6.07) is 13.8. The maximum atomic E-state index is 10.3. The largest absolute Gasteiger partial charge is 0.494 e. The topological polar surface area (TPSA) is 77.6 Å². The Balaban J connectivity index is 1.81. The first kappa shape index (κ1) is 19.0. The van der Waals surface area contributed by atoms with Gasteiger partial charge in [0, 0.05) is 23.1 Å². The van der Waals surface area contributed by atoms with E-state index in [4.69, 9.17) is 10.7 Å². The zero-order chi connectivity index (χ0) is 19.4. The third-order valence-corrected chi connectivity index (χ3v) is 4.74. The second kappa shape index (κ2) is 8.27. The molecule has 0 bridgehead atoms. The highest BCUT2D eigenvalue weighted by atomic mass is 16.3. The lowest BCUT2D eigenvalue weighted by atomic mass is 10.1. The number of nitrogens with one attached hydrogen (secondary N) is 1. The Morgan fingerprint density at radius 3 is 2.63 bits per heavy atom. The second-order valence-corrected chi connectivity index (χ2v) is 7.11. The lowest BCUT2D eigenvalue weighted by Crippen LogP contribution is -2.18. The SMILES string of the molecule is CCCCN(C)Cc1ccc(N=C(C)c2c(O)[nH]c3ccc(N)cc23)cc1. The lowest BCUT2D eigenvalue weighted by molar-refractivity contribution is 0.321. The van der Waals surface area contributed by atoms with Gasteiger partial charge in [-0.3, -0.25) is 4.99 Å². The van der Waals surface area contributed by atoms with Gasteiger partial charge in [0.1, 0.15) is 0 Å². The highest BCUT2D eigenvalue weighted by molar-refractivity contribution is 6.13. The number of hydrogen-bond acceptors (Lipinski definition) is 4. The van der Waals surface area contributed by atoms with Gasteiger partial charge >= 0.3 is 0 Å². The van der Waals surface area contributed by atoms with Gasteiger partial charge in [-0.1, -0.05) is 25.5 Å². The summed E-state index contributed by atoms with van der Waals surface area (Å²) in [5.74, 6) is 0.117. The number of aromatic hydroxyl groups is 1. The number of H-pyrrole nitrogens is 1. The first-order valence-electron chi connectivity index (χ1n) is 9.41. The molecule has 1 heterocycles. The normalized spacial score (nSPS) is 12.2. The summed E-state index contributed by atoms with van der Waals surface area (Å²) in [6.07, 6.45) is 2.43. The van der Waals surface area contributed by atoms with Crippen molar-refractivity contribution in [1.82, 2.24) is 9.88 Å². The third kappa shape index (κ3) is 4.49. The van der Waals surface area contributed by atoms with E-state index in [9.17, 15) is 5.11 Å². The number of nitrogen functional groups attached to an aromatic ring is 1. The van der Waals surface area contributed by atoms with Gasteiger partial charge in [0.05, 0.1) is 17.0 Å². The number of nitrogens with two attached hydrogens (primary N) is 1. The van der Waals surface area contributed by atoms with Gasteiger partial charge in [-0.15, -0.1) is 0 Å². The monoisotopic (exact) mass is 364 g/mol. The third-order valence-electron chi connectivity index (χ3n) is 4.74. The van der Waals surface area contributed by atoms with Gasteiger partial charge in [0.2, 0.25) is 0 Å². The van der Waals surface area contributed by atoms with Crippen LogP contribution in [0, 0.1) is 0 Å². The van der Waals surface area contributed by atoms with Gasteiger partial charge in [-0.25, -0.2) is 0 Å². The zero-order valence-corrected chi connectivity index (χ0v) is 16.3. The van der Waals surface area contributed by atoms with Crippen molar-refractivity contribution in [2.75, 3.05) is 19.3 Å². The Kier molecular flexibility index (Phi) is 5.81. The van der Waals surface area contributed by atoms with E-state index in [0.717, 1.165) is 35.4 Å². The van der Waals surface area contributed by atoms with E-state index in [2.05, 4.69) is 36.0 Å². The van der Waals surface area contributed by atoms with Crippen molar-refractivity contribution in [1.29, 1.82) is 0 Å². The number of benzene rings is 2. The van der Waals surface area contributed by atoms with E-state index in [1.807, 2.05) is 37.3 Å². The molecule has 0 aliphatic rings. The molecule has 3 aromatic rings. The summed E-state index contributed by atoms with van der Waals surface area (Å²) in [5, 5.41) is 11.2. The predicted molar refractivity (Wildman–Crippen MR) is 114 cm³/mol. The first-order valence-corrected chi connectivity index (χ1v) is 9.41. The highest BCUT2D eigenvalue weighted by Crippen LogP contribution is 2.30. The fourth-order valence-corrected chi connectivity index (χ4v) is 3.31. The van der Waals surface area contributed by atoms with Crippen molar-refractivity contribution >= 4 is 28.0 Å². The molecule has 1 aromatic heterocycles. The van der Waals surface area contributed by atoms with Crippen LogP contribution < -0.4 is 5.73 Å². The summed E-state index contributed by atoms with van der Waals surface area (Å²) in [5.41, 5.74) is 11.0. The average molecular weight is 364 g/mol. The Labute approximate surface area is 160 Å². The van der Waals surface area contributed by atoms with Crippen LogP contribution in [0.15, 0.2) is 47.5 Å². The first-order chi connectivity index (χ1) is 13.0. The fourth-order valence-electron chi connectivity index (χ4n) is 3.31. The van der Waals surface area contributed by atoms with Gasteiger partial charge in [-0.05, 0) is 62.8 Å². The van der Waals surface area contributed by atoms with Crippen LogP contribution in [0.2, 0.25) is 0 Å². The van der Waals surface area contributed by atoms with Crippen LogP contribution in [0.4, 0.5) is 11.4 Å². The summed E-state index contributed by atoms with van der Waals surface area (Å²) >= 11 is 0. The highest BCUT2D eigenvalue weighted by Gasteiger charge is 2.14. The Morgan fingerprint density at radius 2 is 1.93 bits per heavy atom. The maximum Gasteiger partial charge on any atom is 0.198 e. The Bertz CT molecular complexity index is 941. The molecule has 142 valence electrons. The minimum atomic E-state index is 0.117. The van der Waals surface area contributed by atoms with Gasteiger partial charge in [-0.2, -0.15) is 0 Å². The molecule has 0 atom stereocenters. The van der Waals surface area contributed by atoms with Crippen LogP contribution in [0.1, 0.15) is 37.8 Å². The number of aliphatic imine (C=N–C) groups is 1. The number of aromatic amines is 1. The quantitative estimate of drug-likeness (QED) is 0.415. The molecule has 0 aliphatic heterocycles. The summed E-state index contributed by atoms with van der Waals surface area (Å²) in [4.78, 5) is 10.0. The van der Waals surface area contributed by atoms with Gasteiger partial charge in [0.25, 0.3) is 0 Å². The molecule has 0 fully saturated rings. The van der Waals surface area contributed by atoms with Crippen molar-refractivity contribution in [3.8, 4) is 5.88 Å². The van der Waals surface area contributed by atoms with E-state index in [1.54, 1.807) is 0 Å². The molecule has 0 radical (unpaired) electrons. The van der Waals surface area contributed by atoms with Crippen molar-refractivity contribution in [2.24, 2.45) is 4.99 Å². The summed E-state index contributed by atoms with van der Waals surface area (Å²) in [6.45, 7) is 6.16. The zero-order valence-electron chi connectivity index (χ0n) is 16.3. The minimum Gasteiger partial charge on any atom is -0.494 e. The number of unbranched alkanes of at least 4 members (excludes halogenated alkanes) is 1. The average Bonchev–Trinajstić information content (AvgIpc) is 2.96. The minimum absolute atomic E-state index is 0.117. The van der Waals surface area contributed by atoms with Crippen molar-refractivity contribution in [2.45, 2.75) is 33.2 Å². The van der Waals surface area contributed by atoms with Crippen molar-refractivity contribution in [3.05, 3.63) is 53.6 Å². The summed E-state index contributed by atoms with van der Waals surface area (Å²) in [7, 11) is 2.15. The van der Waals surface area contributed by atoms with E-state index >= 15 is 0 Å². The molecular weight excluding hydrogens is 336 g/mol. The molecule has 0 aliphatic carbocycles. The van der Waals surface area contributed by atoms with E-state index in [1.165, 1.54) is 18.4 Å². The number of aromatic nitrogens is 1. The smallest absolute Gasteiger partial charge is 0.198 e. The Morgan fingerprint density at radius 1 is 1.19 bits per heavy atom. The second-order valence-electron chi connectivity index (χ2n) is 7.11. The molecule has 3 rings (SSSR count). The van der Waals surface area contributed by atoms with E-state index in [-0.39, 0.29) is 5.88 Å². The van der Waals surface area contributed by atoms with Crippen LogP contribution in [0.25, 0.3) is 10.9 Å². The molecule has 2 aromatic carbocycles. The molecule has 0 amide bonds. The molecule has 0 unspecified atom stereocenters. The van der Waals surface area contributed by atoms with Crippen LogP contribution in [-0.2, 0) is 6.54 Å². The molecule has 0 saturated heterocycles. The van der Waals surface area contributed by atoms with Crippen LogP contribution in [0.5, 0.6) is 5.88 Å². The van der Waals surface area contributed by atoms with Crippen molar-refractivity contribution < 1.29 is 5.11 Å².